The molecule has 3 heterocycles. The Morgan fingerprint density at radius 3 is 3.24 bits per heavy atom. The molecule has 112 valence electrons. The Hall–Kier alpha value is -1.70. The third-order valence-electron chi connectivity index (χ3n) is 3.37. The minimum atomic E-state index is -0.255. The Morgan fingerprint density at radius 1 is 1.57 bits per heavy atom. The number of carbonyl (C=O) groups is 1. The van der Waals surface area contributed by atoms with Crippen molar-refractivity contribution in [2.45, 2.75) is 12.5 Å². The molecule has 1 atom stereocenters. The molecule has 21 heavy (non-hydrogen) atoms. The number of aromatic nitrogens is 1. The summed E-state index contributed by atoms with van der Waals surface area (Å²) < 4.78 is 10.6. The highest BCUT2D eigenvalue weighted by Crippen LogP contribution is 2.24. The fourth-order valence-electron chi connectivity index (χ4n) is 2.29. The van der Waals surface area contributed by atoms with Crippen LogP contribution in [-0.4, -0.2) is 53.3 Å². The van der Waals surface area contributed by atoms with Gasteiger partial charge in [0.15, 0.2) is 10.8 Å². The van der Waals surface area contributed by atoms with Crippen molar-refractivity contribution in [1.82, 2.24) is 9.88 Å². The Labute approximate surface area is 126 Å². The molecule has 1 aliphatic heterocycles. The van der Waals surface area contributed by atoms with E-state index in [4.69, 9.17) is 9.15 Å². The lowest BCUT2D eigenvalue weighted by molar-refractivity contribution is -0.140. The van der Waals surface area contributed by atoms with Gasteiger partial charge in [0.1, 0.15) is 0 Å². The minimum absolute atomic E-state index is 0.0337. The summed E-state index contributed by atoms with van der Waals surface area (Å²) in [6, 6.07) is 3.39. The summed E-state index contributed by atoms with van der Waals surface area (Å²) in [5.74, 6) is 0.673. The van der Waals surface area contributed by atoms with Gasteiger partial charge in [-0.1, -0.05) is 0 Å². The number of thiazole rings is 1. The Bertz CT molecular complexity index is 596. The standard InChI is InChI=1S/C14H16N2O4S/c17-7-11-8-19-5-3-16(11)13(18)6-10-9-21-14(15-10)12-2-1-4-20-12/h1-2,4,9,11,17H,3,5-8H2. The van der Waals surface area contributed by atoms with Gasteiger partial charge in [0, 0.05) is 11.9 Å². The molecule has 1 saturated heterocycles. The van der Waals surface area contributed by atoms with E-state index < -0.39 is 0 Å². The zero-order chi connectivity index (χ0) is 14.7. The SMILES string of the molecule is O=C(Cc1csc(-c2ccco2)n1)N1CCOCC1CO. The highest BCUT2D eigenvalue weighted by molar-refractivity contribution is 7.13. The highest BCUT2D eigenvalue weighted by Gasteiger charge is 2.27. The first-order valence-electron chi connectivity index (χ1n) is 6.74. The van der Waals surface area contributed by atoms with Crippen LogP contribution in [0.2, 0.25) is 0 Å². The summed E-state index contributed by atoms with van der Waals surface area (Å²) >= 11 is 1.45. The third kappa shape index (κ3) is 3.15. The predicted molar refractivity (Wildman–Crippen MR) is 76.9 cm³/mol. The quantitative estimate of drug-likeness (QED) is 0.917. The van der Waals surface area contributed by atoms with E-state index >= 15 is 0 Å². The average Bonchev–Trinajstić information content (AvgIpc) is 3.17. The average molecular weight is 308 g/mol. The van der Waals surface area contributed by atoms with Crippen LogP contribution in [0.3, 0.4) is 0 Å². The molecule has 0 radical (unpaired) electrons. The zero-order valence-corrected chi connectivity index (χ0v) is 12.2. The molecule has 6 nitrogen and oxygen atoms in total. The lowest BCUT2D eigenvalue weighted by Gasteiger charge is -2.34. The zero-order valence-electron chi connectivity index (χ0n) is 11.4. The number of aliphatic hydroxyl groups excluding tert-OH is 1. The first-order chi connectivity index (χ1) is 10.3. The van der Waals surface area contributed by atoms with Crippen molar-refractivity contribution in [2.24, 2.45) is 0 Å². The van der Waals surface area contributed by atoms with E-state index in [0.29, 0.717) is 25.5 Å². The lowest BCUT2D eigenvalue weighted by atomic mass is 10.2. The normalized spacial score (nSPS) is 18.9. The van der Waals surface area contributed by atoms with Gasteiger partial charge < -0.3 is 19.2 Å². The molecule has 7 heteroatoms. The number of aliphatic hydroxyl groups is 1. The van der Waals surface area contributed by atoms with Crippen LogP contribution >= 0.6 is 11.3 Å². The van der Waals surface area contributed by atoms with Crippen molar-refractivity contribution in [3.8, 4) is 10.8 Å². The summed E-state index contributed by atoms with van der Waals surface area (Å²) in [6.45, 7) is 1.33. The van der Waals surface area contributed by atoms with Gasteiger partial charge in [-0.2, -0.15) is 0 Å². The van der Waals surface area contributed by atoms with E-state index in [-0.39, 0.29) is 25.0 Å². The van der Waals surface area contributed by atoms with Crippen molar-refractivity contribution in [3.63, 3.8) is 0 Å². The van der Waals surface area contributed by atoms with Gasteiger partial charge in [0.2, 0.25) is 5.91 Å². The maximum absolute atomic E-state index is 12.3. The molecule has 3 rings (SSSR count). The summed E-state index contributed by atoms with van der Waals surface area (Å²) in [7, 11) is 0. The maximum atomic E-state index is 12.3. The van der Waals surface area contributed by atoms with Gasteiger partial charge in [-0.3, -0.25) is 4.79 Å². The molecule has 1 N–H and O–H groups in total. The molecular formula is C14H16N2O4S. The van der Waals surface area contributed by atoms with Crippen LogP contribution < -0.4 is 0 Å². The van der Waals surface area contributed by atoms with Crippen molar-refractivity contribution < 1.29 is 19.1 Å². The number of morpholine rings is 1. The fourth-order valence-corrected chi connectivity index (χ4v) is 3.08. The van der Waals surface area contributed by atoms with Crippen LogP contribution in [0.25, 0.3) is 10.8 Å². The summed E-state index contributed by atoms with van der Waals surface area (Å²) in [5, 5.41) is 11.9. The molecule has 1 aliphatic rings. The van der Waals surface area contributed by atoms with Gasteiger partial charge in [0.25, 0.3) is 0 Å². The minimum Gasteiger partial charge on any atom is -0.462 e. The van der Waals surface area contributed by atoms with Crippen molar-refractivity contribution in [3.05, 3.63) is 29.5 Å². The summed E-state index contributed by atoms with van der Waals surface area (Å²) in [6.07, 6.45) is 1.83. The topological polar surface area (TPSA) is 75.8 Å². The molecule has 2 aromatic heterocycles. The number of furan rings is 1. The number of amides is 1. The molecule has 1 unspecified atom stereocenters. The second kappa shape index (κ2) is 6.38. The van der Waals surface area contributed by atoms with Gasteiger partial charge in [-0.05, 0) is 12.1 Å². The van der Waals surface area contributed by atoms with Crippen molar-refractivity contribution in [1.29, 1.82) is 0 Å². The van der Waals surface area contributed by atoms with E-state index in [1.807, 2.05) is 11.4 Å². The highest BCUT2D eigenvalue weighted by atomic mass is 32.1. The monoisotopic (exact) mass is 308 g/mol. The second-order valence-electron chi connectivity index (χ2n) is 4.80. The second-order valence-corrected chi connectivity index (χ2v) is 5.65. The third-order valence-corrected chi connectivity index (χ3v) is 4.28. The molecular weight excluding hydrogens is 292 g/mol. The van der Waals surface area contributed by atoms with Crippen LogP contribution in [0.15, 0.2) is 28.2 Å². The molecule has 0 spiro atoms. The van der Waals surface area contributed by atoms with E-state index in [1.165, 1.54) is 11.3 Å². The van der Waals surface area contributed by atoms with Crippen LogP contribution in [0.5, 0.6) is 0 Å². The van der Waals surface area contributed by atoms with E-state index in [2.05, 4.69) is 4.98 Å². The maximum Gasteiger partial charge on any atom is 0.229 e. The van der Waals surface area contributed by atoms with E-state index in [9.17, 15) is 9.90 Å². The number of ether oxygens (including phenoxy) is 1. The van der Waals surface area contributed by atoms with Crippen LogP contribution in [-0.2, 0) is 16.0 Å². The van der Waals surface area contributed by atoms with Gasteiger partial charge in [0.05, 0.1) is 44.2 Å². The summed E-state index contributed by atoms with van der Waals surface area (Å²) in [5.41, 5.74) is 0.722. The number of carbonyl (C=O) groups excluding carboxylic acids is 1. The fraction of sp³-hybridized carbons (Fsp3) is 0.429. The molecule has 0 saturated carbocycles. The molecule has 2 aromatic rings. The van der Waals surface area contributed by atoms with E-state index in [0.717, 1.165) is 10.7 Å². The Morgan fingerprint density at radius 2 is 2.48 bits per heavy atom. The number of hydrogen-bond acceptors (Lipinski definition) is 6. The summed E-state index contributed by atoms with van der Waals surface area (Å²) in [4.78, 5) is 18.4. The Kier molecular flexibility index (Phi) is 4.33. The molecule has 1 fully saturated rings. The number of rotatable bonds is 4. The van der Waals surface area contributed by atoms with E-state index in [1.54, 1.807) is 17.2 Å². The van der Waals surface area contributed by atoms with Gasteiger partial charge >= 0.3 is 0 Å². The van der Waals surface area contributed by atoms with Crippen molar-refractivity contribution >= 4 is 17.2 Å². The number of nitrogens with zero attached hydrogens (tertiary/aromatic N) is 2. The number of hydrogen-bond donors (Lipinski definition) is 1. The molecule has 0 bridgehead atoms. The largest absolute Gasteiger partial charge is 0.462 e. The van der Waals surface area contributed by atoms with Crippen LogP contribution in [0, 0.1) is 0 Å². The molecule has 0 aromatic carbocycles. The smallest absolute Gasteiger partial charge is 0.229 e. The lowest BCUT2D eigenvalue weighted by Crippen LogP contribution is -2.51. The Balaban J connectivity index is 1.67. The molecule has 0 aliphatic carbocycles. The van der Waals surface area contributed by atoms with Crippen LogP contribution in [0.1, 0.15) is 5.69 Å². The molecule has 1 amide bonds. The predicted octanol–water partition coefficient (Wildman–Crippen LogP) is 1.17. The van der Waals surface area contributed by atoms with Crippen LogP contribution in [0.4, 0.5) is 0 Å². The van der Waals surface area contributed by atoms with Crippen molar-refractivity contribution in [2.75, 3.05) is 26.4 Å². The van der Waals surface area contributed by atoms with Gasteiger partial charge in [-0.15, -0.1) is 11.3 Å². The van der Waals surface area contributed by atoms with Gasteiger partial charge in [-0.25, -0.2) is 4.98 Å². The first kappa shape index (κ1) is 14.2. The first-order valence-corrected chi connectivity index (χ1v) is 7.62.